The van der Waals surface area contributed by atoms with Gasteiger partial charge in [0, 0.05) is 32.4 Å². The second-order valence-electron chi connectivity index (χ2n) is 5.97. The predicted molar refractivity (Wildman–Crippen MR) is 85.0 cm³/mol. The Kier molecular flexibility index (Phi) is 4.15. The molecule has 0 spiro atoms. The van der Waals surface area contributed by atoms with E-state index in [4.69, 9.17) is 5.53 Å². The lowest BCUT2D eigenvalue weighted by molar-refractivity contribution is 0.326. The van der Waals surface area contributed by atoms with Gasteiger partial charge in [0.15, 0.2) is 0 Å². The van der Waals surface area contributed by atoms with Gasteiger partial charge in [0.1, 0.15) is 0 Å². The lowest BCUT2D eigenvalue weighted by Crippen LogP contribution is -2.20. The Balaban J connectivity index is 1.65. The van der Waals surface area contributed by atoms with Crippen LogP contribution in [0.4, 0.5) is 0 Å². The van der Waals surface area contributed by atoms with Gasteiger partial charge in [-0.05, 0) is 30.0 Å². The third-order valence-corrected chi connectivity index (χ3v) is 4.16. The summed E-state index contributed by atoms with van der Waals surface area (Å²) in [6, 6.07) is 9.01. The lowest BCUT2D eigenvalue weighted by Gasteiger charge is -2.16. The van der Waals surface area contributed by atoms with Gasteiger partial charge in [0.25, 0.3) is 0 Å². The maximum absolute atomic E-state index is 7.11. The maximum atomic E-state index is 7.11. The van der Waals surface area contributed by atoms with Crippen molar-refractivity contribution >= 4 is 5.57 Å². The third-order valence-electron chi connectivity index (χ3n) is 4.16. The van der Waals surface area contributed by atoms with E-state index < -0.39 is 0 Å². The summed E-state index contributed by atoms with van der Waals surface area (Å²) in [6.45, 7) is 6.01. The van der Waals surface area contributed by atoms with Crippen LogP contribution in [0.2, 0.25) is 0 Å². The van der Waals surface area contributed by atoms with Gasteiger partial charge in [-0.1, -0.05) is 35.9 Å². The molecule has 0 unspecified atom stereocenters. The highest BCUT2D eigenvalue weighted by molar-refractivity contribution is 5.75. The minimum Gasteiger partial charge on any atom is -0.387 e. The first kappa shape index (κ1) is 14.0. The Morgan fingerprint density at radius 1 is 1.33 bits per heavy atom. The summed E-state index contributed by atoms with van der Waals surface area (Å²) in [5.74, 6) is 0. The van der Waals surface area contributed by atoms with Crippen molar-refractivity contribution in [3.8, 4) is 0 Å². The second kappa shape index (κ2) is 6.22. The number of allylic oxidation sites excluding steroid dienone is 2. The van der Waals surface area contributed by atoms with Gasteiger partial charge in [0.2, 0.25) is 0 Å². The standard InChI is InChI=1S/C17H22N4/c1-13-8-16(10-19-9-13)15-4-2-14(3-5-15)11-21-7-6-17(12-21)20-18/h2-5,8,10,17-19H,6-7,9,11-12H2,1H3/t17-/m1/s1. The van der Waals surface area contributed by atoms with Crippen molar-refractivity contribution in [3.05, 3.63) is 53.2 Å². The molecule has 1 aromatic rings. The molecule has 110 valence electrons. The number of hydrogen-bond acceptors (Lipinski definition) is 4. The van der Waals surface area contributed by atoms with E-state index in [0.29, 0.717) is 0 Å². The van der Waals surface area contributed by atoms with Crippen molar-refractivity contribution in [1.82, 2.24) is 10.2 Å². The number of rotatable bonds is 4. The normalized spacial score (nSPS) is 22.4. The van der Waals surface area contributed by atoms with Gasteiger partial charge < -0.3 is 5.32 Å². The summed E-state index contributed by atoms with van der Waals surface area (Å²) in [5.41, 5.74) is 12.3. The molecule has 21 heavy (non-hydrogen) atoms. The van der Waals surface area contributed by atoms with Crippen molar-refractivity contribution in [3.63, 3.8) is 0 Å². The van der Waals surface area contributed by atoms with E-state index in [0.717, 1.165) is 32.6 Å². The topological polar surface area (TPSA) is 51.5 Å². The van der Waals surface area contributed by atoms with Crippen LogP contribution in [0.5, 0.6) is 0 Å². The molecule has 2 aliphatic rings. The van der Waals surface area contributed by atoms with Crippen LogP contribution in [0.15, 0.2) is 47.2 Å². The molecule has 4 nitrogen and oxygen atoms in total. The highest BCUT2D eigenvalue weighted by atomic mass is 15.2. The first-order chi connectivity index (χ1) is 10.2. The molecule has 1 aromatic carbocycles. The van der Waals surface area contributed by atoms with E-state index in [2.05, 4.69) is 58.8 Å². The average molecular weight is 282 g/mol. The van der Waals surface area contributed by atoms with E-state index in [1.54, 1.807) is 0 Å². The zero-order valence-corrected chi connectivity index (χ0v) is 12.5. The Bertz CT molecular complexity index is 571. The summed E-state index contributed by atoms with van der Waals surface area (Å²) >= 11 is 0. The Morgan fingerprint density at radius 3 is 2.81 bits per heavy atom. The van der Waals surface area contributed by atoms with Crippen molar-refractivity contribution < 1.29 is 0 Å². The number of dihydropyridines is 1. The molecule has 0 amide bonds. The molecule has 2 aliphatic heterocycles. The second-order valence-corrected chi connectivity index (χ2v) is 5.97. The maximum Gasteiger partial charge on any atom is 0.0844 e. The van der Waals surface area contributed by atoms with Gasteiger partial charge in [-0.2, -0.15) is 5.11 Å². The van der Waals surface area contributed by atoms with Crippen molar-refractivity contribution in [2.45, 2.75) is 25.9 Å². The van der Waals surface area contributed by atoms with Gasteiger partial charge in [-0.25, -0.2) is 5.53 Å². The van der Waals surface area contributed by atoms with Gasteiger partial charge in [0.05, 0.1) is 6.04 Å². The third kappa shape index (κ3) is 3.39. The first-order valence-electron chi connectivity index (χ1n) is 7.53. The van der Waals surface area contributed by atoms with Crippen LogP contribution in [0.25, 0.3) is 5.57 Å². The number of nitrogens with one attached hydrogen (secondary N) is 2. The van der Waals surface area contributed by atoms with Gasteiger partial charge in [-0.3, -0.25) is 4.90 Å². The van der Waals surface area contributed by atoms with E-state index in [9.17, 15) is 0 Å². The predicted octanol–water partition coefficient (Wildman–Crippen LogP) is 3.18. The first-order valence-corrected chi connectivity index (χ1v) is 7.53. The van der Waals surface area contributed by atoms with Gasteiger partial charge >= 0.3 is 0 Å². The van der Waals surface area contributed by atoms with Crippen LogP contribution in [-0.2, 0) is 6.54 Å². The monoisotopic (exact) mass is 282 g/mol. The van der Waals surface area contributed by atoms with Crippen LogP contribution in [0.3, 0.4) is 0 Å². The molecule has 2 N–H and O–H groups in total. The SMILES string of the molecule is CC1=CC(c2ccc(CN3CC[C@@H](N=N)C3)cc2)=CNC1. The van der Waals surface area contributed by atoms with E-state index in [-0.39, 0.29) is 6.04 Å². The van der Waals surface area contributed by atoms with E-state index in [1.165, 1.54) is 22.3 Å². The largest absolute Gasteiger partial charge is 0.387 e. The summed E-state index contributed by atoms with van der Waals surface area (Å²) in [7, 11) is 0. The summed E-state index contributed by atoms with van der Waals surface area (Å²) in [5, 5.41) is 6.95. The molecule has 3 rings (SSSR count). The summed E-state index contributed by atoms with van der Waals surface area (Å²) < 4.78 is 0. The van der Waals surface area contributed by atoms with Crippen LogP contribution >= 0.6 is 0 Å². The molecule has 0 aromatic heterocycles. The fourth-order valence-electron chi connectivity index (χ4n) is 2.97. The quantitative estimate of drug-likeness (QED) is 0.833. The van der Waals surface area contributed by atoms with Crippen molar-refractivity contribution in [2.24, 2.45) is 5.11 Å². The van der Waals surface area contributed by atoms with Crippen molar-refractivity contribution in [2.75, 3.05) is 19.6 Å². The molecule has 1 atom stereocenters. The summed E-state index contributed by atoms with van der Waals surface area (Å²) in [4.78, 5) is 2.38. The molecule has 1 saturated heterocycles. The molecule has 1 fully saturated rings. The molecule has 0 aliphatic carbocycles. The van der Waals surface area contributed by atoms with Crippen LogP contribution < -0.4 is 5.32 Å². The summed E-state index contributed by atoms with van der Waals surface area (Å²) in [6.07, 6.45) is 5.35. The molecule has 0 radical (unpaired) electrons. The molecule has 0 bridgehead atoms. The number of likely N-dealkylation sites (tertiary alicyclic amines) is 1. The highest BCUT2D eigenvalue weighted by Crippen LogP contribution is 2.21. The lowest BCUT2D eigenvalue weighted by atomic mass is 10.0. The average Bonchev–Trinajstić information content (AvgIpc) is 2.96. The Labute approximate surface area is 126 Å². The highest BCUT2D eigenvalue weighted by Gasteiger charge is 2.21. The van der Waals surface area contributed by atoms with Crippen LogP contribution in [0.1, 0.15) is 24.5 Å². The smallest absolute Gasteiger partial charge is 0.0844 e. The zero-order valence-electron chi connectivity index (χ0n) is 12.5. The minimum atomic E-state index is 0.204. The number of hydrogen-bond donors (Lipinski definition) is 2. The molecule has 2 heterocycles. The Morgan fingerprint density at radius 2 is 2.14 bits per heavy atom. The molecular weight excluding hydrogens is 260 g/mol. The van der Waals surface area contributed by atoms with Gasteiger partial charge in [-0.15, -0.1) is 0 Å². The number of nitrogens with zero attached hydrogens (tertiary/aromatic N) is 2. The minimum absolute atomic E-state index is 0.204. The van der Waals surface area contributed by atoms with Crippen molar-refractivity contribution in [1.29, 1.82) is 5.53 Å². The number of benzene rings is 1. The molecular formula is C17H22N4. The molecule has 0 saturated carbocycles. The molecule has 4 heteroatoms. The zero-order chi connectivity index (χ0) is 14.7. The van der Waals surface area contributed by atoms with Crippen LogP contribution in [0, 0.1) is 5.53 Å². The Hall–Kier alpha value is -1.94. The van der Waals surface area contributed by atoms with Crippen LogP contribution in [-0.4, -0.2) is 30.6 Å². The fourth-order valence-corrected chi connectivity index (χ4v) is 2.97. The van der Waals surface area contributed by atoms with E-state index in [1.807, 2.05) is 0 Å². The van der Waals surface area contributed by atoms with E-state index >= 15 is 0 Å². The fraction of sp³-hybridized carbons (Fsp3) is 0.412.